The monoisotopic (exact) mass is 241 g/mol. The average molecular weight is 242 g/mol. The zero-order valence-corrected chi connectivity index (χ0v) is 10.4. The molecule has 0 saturated heterocycles. The molecule has 1 aliphatic rings. The van der Waals surface area contributed by atoms with Crippen molar-refractivity contribution in [1.29, 1.82) is 0 Å². The summed E-state index contributed by atoms with van der Waals surface area (Å²) in [6.07, 6.45) is 1.65. The van der Waals surface area contributed by atoms with Crippen LogP contribution in [0.2, 0.25) is 5.02 Å². The van der Waals surface area contributed by atoms with Crippen LogP contribution >= 0.6 is 11.6 Å². The molecule has 16 heavy (non-hydrogen) atoms. The summed E-state index contributed by atoms with van der Waals surface area (Å²) < 4.78 is 13.7. The van der Waals surface area contributed by atoms with E-state index in [1.54, 1.807) is 12.1 Å². The molecule has 0 bridgehead atoms. The SMILES string of the molecule is CC(C)C1CC(N)(c2c(F)cccc2Cl)C1. The molecule has 0 heterocycles. The Bertz CT molecular complexity index is 377. The van der Waals surface area contributed by atoms with Gasteiger partial charge in [-0.3, -0.25) is 0 Å². The van der Waals surface area contributed by atoms with Crippen molar-refractivity contribution in [3.63, 3.8) is 0 Å². The second kappa shape index (κ2) is 4.01. The van der Waals surface area contributed by atoms with Crippen molar-refractivity contribution in [3.05, 3.63) is 34.6 Å². The maximum atomic E-state index is 13.7. The topological polar surface area (TPSA) is 26.0 Å². The Hall–Kier alpha value is -0.600. The van der Waals surface area contributed by atoms with E-state index >= 15 is 0 Å². The number of benzene rings is 1. The average Bonchev–Trinajstić information content (AvgIpc) is 2.13. The van der Waals surface area contributed by atoms with Gasteiger partial charge in [0.25, 0.3) is 0 Å². The lowest BCUT2D eigenvalue weighted by molar-refractivity contribution is 0.101. The lowest BCUT2D eigenvalue weighted by Gasteiger charge is -2.47. The lowest BCUT2D eigenvalue weighted by atomic mass is 9.62. The Morgan fingerprint density at radius 3 is 2.56 bits per heavy atom. The molecular formula is C13H17ClFN. The number of halogens is 2. The van der Waals surface area contributed by atoms with Gasteiger partial charge in [0.2, 0.25) is 0 Å². The third-order valence-electron chi connectivity index (χ3n) is 3.66. The first-order valence-electron chi connectivity index (χ1n) is 5.67. The first-order chi connectivity index (χ1) is 7.44. The van der Waals surface area contributed by atoms with Crippen molar-refractivity contribution in [2.24, 2.45) is 17.6 Å². The van der Waals surface area contributed by atoms with Crippen LogP contribution in [0.5, 0.6) is 0 Å². The van der Waals surface area contributed by atoms with Crippen LogP contribution in [0.4, 0.5) is 4.39 Å². The molecule has 0 spiro atoms. The predicted octanol–water partition coefficient (Wildman–Crippen LogP) is 3.70. The molecule has 1 nitrogen and oxygen atoms in total. The summed E-state index contributed by atoms with van der Waals surface area (Å²) in [5, 5.41) is 0.449. The smallest absolute Gasteiger partial charge is 0.129 e. The van der Waals surface area contributed by atoms with Crippen molar-refractivity contribution in [2.75, 3.05) is 0 Å². The summed E-state index contributed by atoms with van der Waals surface area (Å²) in [6, 6.07) is 4.75. The zero-order chi connectivity index (χ0) is 11.9. The Balaban J connectivity index is 2.26. The van der Waals surface area contributed by atoms with Crippen molar-refractivity contribution in [2.45, 2.75) is 32.2 Å². The minimum atomic E-state index is -0.558. The molecule has 3 heteroatoms. The highest BCUT2D eigenvalue weighted by Gasteiger charge is 2.45. The standard InChI is InChI=1S/C13H17ClFN/c1-8(2)9-6-13(16,7-9)12-10(14)4-3-5-11(12)15/h3-5,8-9H,6-7,16H2,1-2H3. The fourth-order valence-electron chi connectivity index (χ4n) is 2.52. The molecule has 88 valence electrons. The molecule has 0 unspecified atom stereocenters. The molecule has 1 aromatic carbocycles. The van der Waals surface area contributed by atoms with E-state index in [1.807, 2.05) is 0 Å². The van der Waals surface area contributed by atoms with Gasteiger partial charge in [0.05, 0.1) is 0 Å². The summed E-state index contributed by atoms with van der Waals surface area (Å²) in [7, 11) is 0. The summed E-state index contributed by atoms with van der Waals surface area (Å²) in [5.41, 5.74) is 6.17. The van der Waals surface area contributed by atoms with Gasteiger partial charge in [-0.15, -0.1) is 0 Å². The van der Waals surface area contributed by atoms with E-state index in [1.165, 1.54) is 6.07 Å². The zero-order valence-electron chi connectivity index (χ0n) is 9.63. The van der Waals surface area contributed by atoms with Crippen LogP contribution in [0.3, 0.4) is 0 Å². The summed E-state index contributed by atoms with van der Waals surface area (Å²) in [4.78, 5) is 0. The Labute approximate surface area is 101 Å². The van der Waals surface area contributed by atoms with Crippen molar-refractivity contribution >= 4 is 11.6 Å². The van der Waals surface area contributed by atoms with Gasteiger partial charge in [-0.1, -0.05) is 31.5 Å². The van der Waals surface area contributed by atoms with Crippen molar-refractivity contribution in [1.82, 2.24) is 0 Å². The number of hydrogen-bond donors (Lipinski definition) is 1. The van der Waals surface area contributed by atoms with Gasteiger partial charge in [0, 0.05) is 16.1 Å². The normalized spacial score (nSPS) is 29.2. The molecule has 0 atom stereocenters. The van der Waals surface area contributed by atoms with Crippen LogP contribution in [-0.2, 0) is 5.54 Å². The molecule has 2 rings (SSSR count). The Morgan fingerprint density at radius 2 is 2.06 bits per heavy atom. The van der Waals surface area contributed by atoms with Gasteiger partial charge in [0.1, 0.15) is 5.82 Å². The van der Waals surface area contributed by atoms with Gasteiger partial charge in [-0.05, 0) is 36.8 Å². The van der Waals surface area contributed by atoms with Gasteiger partial charge >= 0.3 is 0 Å². The quantitative estimate of drug-likeness (QED) is 0.840. The van der Waals surface area contributed by atoms with E-state index in [2.05, 4.69) is 13.8 Å². The first kappa shape index (κ1) is 11.9. The van der Waals surface area contributed by atoms with E-state index in [-0.39, 0.29) is 5.82 Å². The van der Waals surface area contributed by atoms with Gasteiger partial charge < -0.3 is 5.73 Å². The van der Waals surface area contributed by atoms with E-state index in [0.29, 0.717) is 22.4 Å². The lowest BCUT2D eigenvalue weighted by Crippen LogP contribution is -2.51. The minimum Gasteiger partial charge on any atom is -0.321 e. The third-order valence-corrected chi connectivity index (χ3v) is 3.97. The Morgan fingerprint density at radius 1 is 1.44 bits per heavy atom. The largest absolute Gasteiger partial charge is 0.321 e. The minimum absolute atomic E-state index is 0.280. The predicted molar refractivity (Wildman–Crippen MR) is 64.8 cm³/mol. The van der Waals surface area contributed by atoms with Gasteiger partial charge in [-0.25, -0.2) is 4.39 Å². The molecule has 0 radical (unpaired) electrons. The summed E-state index contributed by atoms with van der Waals surface area (Å²) in [6.45, 7) is 4.35. The van der Waals surface area contributed by atoms with Crippen molar-refractivity contribution < 1.29 is 4.39 Å². The van der Waals surface area contributed by atoms with Gasteiger partial charge in [0.15, 0.2) is 0 Å². The molecule has 0 amide bonds. The third kappa shape index (κ3) is 1.85. The number of hydrogen-bond acceptors (Lipinski definition) is 1. The number of rotatable bonds is 2. The van der Waals surface area contributed by atoms with E-state index in [9.17, 15) is 4.39 Å². The molecule has 1 aliphatic carbocycles. The summed E-state index contributed by atoms with van der Waals surface area (Å²) in [5.74, 6) is 0.903. The van der Waals surface area contributed by atoms with Crippen LogP contribution in [0.15, 0.2) is 18.2 Å². The van der Waals surface area contributed by atoms with E-state index in [0.717, 1.165) is 12.8 Å². The Kier molecular flexibility index (Phi) is 2.97. The molecule has 2 N–H and O–H groups in total. The summed E-state index contributed by atoms with van der Waals surface area (Å²) >= 11 is 6.03. The molecule has 1 aromatic rings. The van der Waals surface area contributed by atoms with Crippen molar-refractivity contribution in [3.8, 4) is 0 Å². The van der Waals surface area contributed by atoms with E-state index < -0.39 is 5.54 Å². The molecule has 1 saturated carbocycles. The van der Waals surface area contributed by atoms with Crippen LogP contribution in [0, 0.1) is 17.7 Å². The van der Waals surface area contributed by atoms with Crippen LogP contribution in [0.1, 0.15) is 32.3 Å². The van der Waals surface area contributed by atoms with Crippen LogP contribution < -0.4 is 5.73 Å². The molecule has 0 aliphatic heterocycles. The van der Waals surface area contributed by atoms with Gasteiger partial charge in [-0.2, -0.15) is 0 Å². The highest BCUT2D eigenvalue weighted by molar-refractivity contribution is 6.31. The number of nitrogens with two attached hydrogens (primary N) is 1. The highest BCUT2D eigenvalue weighted by Crippen LogP contribution is 2.49. The first-order valence-corrected chi connectivity index (χ1v) is 6.05. The van der Waals surface area contributed by atoms with Crippen LogP contribution in [-0.4, -0.2) is 0 Å². The molecular weight excluding hydrogens is 225 g/mol. The second-order valence-electron chi connectivity index (χ2n) is 5.17. The molecule has 1 fully saturated rings. The van der Waals surface area contributed by atoms with Crippen LogP contribution in [0.25, 0.3) is 0 Å². The maximum absolute atomic E-state index is 13.7. The highest BCUT2D eigenvalue weighted by atomic mass is 35.5. The fraction of sp³-hybridized carbons (Fsp3) is 0.538. The maximum Gasteiger partial charge on any atom is 0.129 e. The molecule has 0 aromatic heterocycles. The second-order valence-corrected chi connectivity index (χ2v) is 5.57. The van der Waals surface area contributed by atoms with E-state index in [4.69, 9.17) is 17.3 Å². The fourth-order valence-corrected chi connectivity index (χ4v) is 2.88.